The van der Waals surface area contributed by atoms with Gasteiger partial charge < -0.3 is 10.4 Å². The summed E-state index contributed by atoms with van der Waals surface area (Å²) >= 11 is 1.78. The average Bonchev–Trinajstić information content (AvgIpc) is 3.13. The van der Waals surface area contributed by atoms with Gasteiger partial charge in [-0.2, -0.15) is 0 Å². The monoisotopic (exact) mass is 305 g/mol. The lowest BCUT2D eigenvalue weighted by atomic mass is 9.51. The zero-order valence-electron chi connectivity index (χ0n) is 12.3. The molecule has 114 valence electrons. The highest BCUT2D eigenvalue weighted by atomic mass is 32.1. The van der Waals surface area contributed by atoms with Gasteiger partial charge in [-0.1, -0.05) is 11.3 Å². The lowest BCUT2D eigenvalue weighted by Gasteiger charge is -2.60. The number of nitrogens with zero attached hydrogens (tertiary/aromatic N) is 2. The lowest BCUT2D eigenvalue weighted by molar-refractivity contribution is -0.142. The molecule has 1 aromatic heterocycles. The molecular weight excluding hydrogens is 282 g/mol. The van der Waals surface area contributed by atoms with E-state index in [1.807, 2.05) is 0 Å². The molecule has 2 atom stereocenters. The van der Waals surface area contributed by atoms with E-state index in [2.05, 4.69) is 15.5 Å². The summed E-state index contributed by atoms with van der Waals surface area (Å²) in [5.41, 5.74) is -0.207. The largest absolute Gasteiger partial charge is 0.390 e. The molecule has 21 heavy (non-hydrogen) atoms. The van der Waals surface area contributed by atoms with Gasteiger partial charge in [-0.3, -0.25) is 0 Å². The Morgan fingerprint density at radius 1 is 1.14 bits per heavy atom. The molecule has 5 fully saturated rings. The van der Waals surface area contributed by atoms with Crippen molar-refractivity contribution in [1.29, 1.82) is 0 Å². The second-order valence-electron chi connectivity index (χ2n) is 8.13. The van der Waals surface area contributed by atoms with Crippen molar-refractivity contribution < 1.29 is 5.11 Å². The van der Waals surface area contributed by atoms with E-state index in [-0.39, 0.29) is 11.1 Å². The van der Waals surface area contributed by atoms with Crippen molar-refractivity contribution in [2.45, 2.75) is 75.0 Å². The lowest BCUT2D eigenvalue weighted by Crippen LogP contribution is -2.64. The highest BCUT2D eigenvalue weighted by Crippen LogP contribution is 2.57. The van der Waals surface area contributed by atoms with E-state index in [1.54, 1.807) is 11.3 Å². The third kappa shape index (κ3) is 2.25. The summed E-state index contributed by atoms with van der Waals surface area (Å²) in [7, 11) is 0. The molecule has 5 aliphatic rings. The predicted octanol–water partition coefficient (Wildman–Crippen LogP) is 2.59. The van der Waals surface area contributed by atoms with Crippen molar-refractivity contribution in [3.05, 3.63) is 10.0 Å². The van der Waals surface area contributed by atoms with Gasteiger partial charge in [-0.25, -0.2) is 0 Å². The third-order valence-electron chi connectivity index (χ3n) is 6.05. The SMILES string of the molecule is OC12CC3CC(C1)CC(NCc1nnc(C4CC4)s1)(C3)C2. The summed E-state index contributed by atoms with van der Waals surface area (Å²) in [6, 6.07) is 0. The molecule has 0 aromatic carbocycles. The summed E-state index contributed by atoms with van der Waals surface area (Å²) in [5.74, 6) is 2.18. The molecule has 5 heteroatoms. The number of hydrogen-bond donors (Lipinski definition) is 2. The fraction of sp³-hybridized carbons (Fsp3) is 0.875. The minimum absolute atomic E-state index is 0.171. The van der Waals surface area contributed by atoms with Gasteiger partial charge in [0.05, 0.1) is 12.1 Å². The fourth-order valence-corrected chi connectivity index (χ4v) is 6.47. The topological polar surface area (TPSA) is 58.0 Å². The number of aromatic nitrogens is 2. The van der Waals surface area contributed by atoms with Gasteiger partial charge in [0.1, 0.15) is 10.0 Å². The smallest absolute Gasteiger partial charge is 0.131 e. The maximum absolute atomic E-state index is 10.8. The number of hydrogen-bond acceptors (Lipinski definition) is 5. The van der Waals surface area contributed by atoms with Crippen molar-refractivity contribution in [1.82, 2.24) is 15.5 Å². The van der Waals surface area contributed by atoms with Crippen LogP contribution in [-0.4, -0.2) is 26.4 Å². The van der Waals surface area contributed by atoms with Crippen LogP contribution in [-0.2, 0) is 6.54 Å². The second kappa shape index (κ2) is 4.27. The Bertz CT molecular complexity index is 554. The number of aliphatic hydroxyl groups is 1. The Kier molecular flexibility index (Phi) is 2.64. The standard InChI is InChI=1S/C16H23N3OS/c20-16-6-10-3-11(7-16)5-15(4-10,9-16)17-8-13-18-19-14(21-13)12-1-2-12/h10-12,17,20H,1-9H2. The quantitative estimate of drug-likeness (QED) is 0.898. The second-order valence-corrected chi connectivity index (χ2v) is 9.22. The summed E-state index contributed by atoms with van der Waals surface area (Å²) in [6.45, 7) is 0.833. The molecule has 0 radical (unpaired) electrons. The first-order valence-corrected chi connectivity index (χ1v) is 9.23. The molecule has 5 saturated carbocycles. The van der Waals surface area contributed by atoms with E-state index < -0.39 is 0 Å². The van der Waals surface area contributed by atoms with Gasteiger partial charge in [-0.15, -0.1) is 10.2 Å². The van der Waals surface area contributed by atoms with Crippen molar-refractivity contribution in [2.24, 2.45) is 11.8 Å². The molecule has 0 saturated heterocycles. The maximum atomic E-state index is 10.8. The van der Waals surface area contributed by atoms with E-state index in [0.29, 0.717) is 5.92 Å². The van der Waals surface area contributed by atoms with E-state index in [1.165, 1.54) is 37.1 Å². The van der Waals surface area contributed by atoms with Crippen LogP contribution in [0.5, 0.6) is 0 Å². The van der Waals surface area contributed by atoms with E-state index >= 15 is 0 Å². The van der Waals surface area contributed by atoms with Crippen LogP contribution < -0.4 is 5.32 Å². The summed E-state index contributed by atoms with van der Waals surface area (Å²) in [6.07, 6.45) is 9.46. The van der Waals surface area contributed by atoms with Crippen LogP contribution in [0.15, 0.2) is 0 Å². The molecule has 6 rings (SSSR count). The van der Waals surface area contributed by atoms with E-state index in [9.17, 15) is 5.11 Å². The molecule has 5 aliphatic carbocycles. The average molecular weight is 305 g/mol. The molecule has 0 aliphatic heterocycles. The summed E-state index contributed by atoms with van der Waals surface area (Å²) in [5, 5.41) is 25.6. The molecule has 2 N–H and O–H groups in total. The molecule has 0 spiro atoms. The Labute approximate surface area is 129 Å². The van der Waals surface area contributed by atoms with Gasteiger partial charge in [0.15, 0.2) is 0 Å². The third-order valence-corrected chi connectivity index (χ3v) is 7.14. The molecular formula is C16H23N3OS. The first-order chi connectivity index (χ1) is 10.1. The van der Waals surface area contributed by atoms with E-state index in [0.717, 1.165) is 42.7 Å². The van der Waals surface area contributed by atoms with Crippen LogP contribution in [0.1, 0.15) is 67.3 Å². The van der Waals surface area contributed by atoms with Gasteiger partial charge in [0, 0.05) is 11.5 Å². The first kappa shape index (κ1) is 13.0. The van der Waals surface area contributed by atoms with Crippen molar-refractivity contribution >= 4 is 11.3 Å². The Morgan fingerprint density at radius 3 is 2.57 bits per heavy atom. The minimum atomic E-state index is -0.378. The molecule has 0 amide bonds. The van der Waals surface area contributed by atoms with Crippen LogP contribution in [0, 0.1) is 11.8 Å². The Balaban J connectivity index is 1.31. The van der Waals surface area contributed by atoms with Gasteiger partial charge >= 0.3 is 0 Å². The first-order valence-electron chi connectivity index (χ1n) is 8.41. The van der Waals surface area contributed by atoms with Crippen molar-refractivity contribution in [3.63, 3.8) is 0 Å². The minimum Gasteiger partial charge on any atom is -0.390 e. The van der Waals surface area contributed by atoms with Gasteiger partial charge in [-0.05, 0) is 63.2 Å². The van der Waals surface area contributed by atoms with Crippen LogP contribution in [0.2, 0.25) is 0 Å². The number of rotatable bonds is 4. The van der Waals surface area contributed by atoms with E-state index in [4.69, 9.17) is 0 Å². The molecule has 4 nitrogen and oxygen atoms in total. The molecule has 4 bridgehead atoms. The highest BCUT2D eigenvalue weighted by Gasteiger charge is 2.56. The summed E-state index contributed by atoms with van der Waals surface area (Å²) < 4.78 is 0. The predicted molar refractivity (Wildman–Crippen MR) is 81.1 cm³/mol. The molecule has 2 unspecified atom stereocenters. The number of nitrogens with one attached hydrogen (secondary N) is 1. The van der Waals surface area contributed by atoms with Gasteiger partial charge in [0.25, 0.3) is 0 Å². The van der Waals surface area contributed by atoms with Crippen LogP contribution in [0.3, 0.4) is 0 Å². The zero-order valence-corrected chi connectivity index (χ0v) is 13.2. The van der Waals surface area contributed by atoms with Crippen LogP contribution in [0.25, 0.3) is 0 Å². The Hall–Kier alpha value is -0.520. The van der Waals surface area contributed by atoms with Crippen LogP contribution in [0.4, 0.5) is 0 Å². The van der Waals surface area contributed by atoms with Gasteiger partial charge in [0.2, 0.25) is 0 Å². The normalized spacial score (nSPS) is 44.4. The Morgan fingerprint density at radius 2 is 1.90 bits per heavy atom. The molecule has 1 heterocycles. The van der Waals surface area contributed by atoms with Crippen molar-refractivity contribution in [3.8, 4) is 0 Å². The van der Waals surface area contributed by atoms with Crippen LogP contribution >= 0.6 is 11.3 Å². The van der Waals surface area contributed by atoms with Crippen molar-refractivity contribution in [2.75, 3.05) is 0 Å². The maximum Gasteiger partial charge on any atom is 0.131 e. The highest BCUT2D eigenvalue weighted by molar-refractivity contribution is 7.11. The zero-order chi connectivity index (χ0) is 14.1. The fourth-order valence-electron chi connectivity index (χ4n) is 5.52. The summed E-state index contributed by atoms with van der Waals surface area (Å²) in [4.78, 5) is 0. The molecule has 1 aromatic rings.